The van der Waals surface area contributed by atoms with E-state index >= 15 is 0 Å². The molecule has 184 valence electrons. The minimum atomic E-state index is -0.191. The van der Waals surface area contributed by atoms with Crippen molar-refractivity contribution >= 4 is 16.7 Å². The predicted molar refractivity (Wildman–Crippen MR) is 143 cm³/mol. The summed E-state index contributed by atoms with van der Waals surface area (Å²) in [6, 6.07) is 20.7. The first-order valence-corrected chi connectivity index (χ1v) is 12.6. The summed E-state index contributed by atoms with van der Waals surface area (Å²) in [7, 11) is 0. The van der Waals surface area contributed by atoms with Crippen LogP contribution in [0.15, 0.2) is 84.0 Å². The zero-order valence-corrected chi connectivity index (χ0v) is 20.6. The van der Waals surface area contributed by atoms with E-state index in [1.165, 1.54) is 11.1 Å². The Morgan fingerprint density at radius 2 is 1.49 bits per heavy atom. The Bertz CT molecular complexity index is 1730. The molecule has 0 fully saturated rings. The highest BCUT2D eigenvalue weighted by Crippen LogP contribution is 2.20. The molecule has 4 aromatic heterocycles. The minimum absolute atomic E-state index is 0.191. The number of aryl methyl sites for hydroxylation is 5. The van der Waals surface area contributed by atoms with Crippen molar-refractivity contribution in [2.75, 3.05) is 0 Å². The Labute approximate surface area is 213 Å². The van der Waals surface area contributed by atoms with E-state index in [0.29, 0.717) is 35.5 Å². The largest absolute Gasteiger partial charge is 0.316 e. The second kappa shape index (κ2) is 9.81. The molecule has 0 bridgehead atoms. The van der Waals surface area contributed by atoms with E-state index in [-0.39, 0.29) is 5.56 Å². The maximum atomic E-state index is 12.9. The summed E-state index contributed by atoms with van der Waals surface area (Å²) >= 11 is 0. The molecule has 0 atom stereocenters. The Kier molecular flexibility index (Phi) is 6.06. The van der Waals surface area contributed by atoms with Crippen LogP contribution in [0, 0.1) is 0 Å². The summed E-state index contributed by atoms with van der Waals surface area (Å²) < 4.78 is 3.83. The molecule has 0 saturated heterocycles. The van der Waals surface area contributed by atoms with E-state index in [9.17, 15) is 4.79 Å². The van der Waals surface area contributed by atoms with Gasteiger partial charge >= 0.3 is 0 Å². The molecule has 0 radical (unpaired) electrons. The molecule has 0 aliphatic rings. The van der Waals surface area contributed by atoms with E-state index in [0.717, 1.165) is 36.6 Å². The molecule has 2 aromatic carbocycles. The number of fused-ring (bicyclic) bond motifs is 3. The normalized spacial score (nSPS) is 11.5. The molecule has 0 unspecified atom stereocenters. The van der Waals surface area contributed by atoms with Gasteiger partial charge in [0.15, 0.2) is 5.65 Å². The van der Waals surface area contributed by atoms with Gasteiger partial charge < -0.3 is 4.98 Å². The van der Waals surface area contributed by atoms with E-state index in [1.807, 2.05) is 58.5 Å². The third-order valence-corrected chi connectivity index (χ3v) is 6.70. The lowest BCUT2D eigenvalue weighted by Crippen LogP contribution is -2.16. The second-order valence-corrected chi connectivity index (χ2v) is 9.06. The molecule has 0 saturated carbocycles. The van der Waals surface area contributed by atoms with Crippen LogP contribution < -0.4 is 5.56 Å². The van der Waals surface area contributed by atoms with Gasteiger partial charge in [-0.3, -0.25) is 13.8 Å². The summed E-state index contributed by atoms with van der Waals surface area (Å²) in [6.45, 7) is 2.03. The summed E-state index contributed by atoms with van der Waals surface area (Å²) in [5.41, 5.74) is 4.85. The number of hydrogen-bond donors (Lipinski definition) is 1. The molecule has 0 amide bonds. The molecule has 37 heavy (non-hydrogen) atoms. The molecule has 1 N–H and O–H groups in total. The lowest BCUT2D eigenvalue weighted by molar-refractivity contribution is 0.787. The third-order valence-electron chi connectivity index (χ3n) is 6.70. The highest BCUT2D eigenvalue weighted by Gasteiger charge is 2.18. The number of hydrogen-bond acceptors (Lipinski definition) is 5. The van der Waals surface area contributed by atoms with Gasteiger partial charge in [0.1, 0.15) is 22.7 Å². The van der Waals surface area contributed by atoms with Crippen molar-refractivity contribution in [2.24, 2.45) is 0 Å². The highest BCUT2D eigenvalue weighted by molar-refractivity contribution is 5.77. The van der Waals surface area contributed by atoms with Crippen LogP contribution >= 0.6 is 0 Å². The molecular weight excluding hydrogens is 462 g/mol. The zero-order chi connectivity index (χ0) is 25.2. The number of nitrogens with one attached hydrogen (secondary N) is 1. The summed E-state index contributed by atoms with van der Waals surface area (Å²) in [5.74, 6) is 2.23. The maximum Gasteiger partial charge on any atom is 0.274 e. The van der Waals surface area contributed by atoms with Gasteiger partial charge in [0.25, 0.3) is 5.56 Å². The number of imidazole rings is 2. The van der Waals surface area contributed by atoms with Gasteiger partial charge in [-0.15, -0.1) is 0 Å². The molecule has 4 heterocycles. The lowest BCUT2D eigenvalue weighted by atomic mass is 10.1. The van der Waals surface area contributed by atoms with Crippen LogP contribution in [0.4, 0.5) is 0 Å². The van der Waals surface area contributed by atoms with Crippen molar-refractivity contribution in [2.45, 2.75) is 39.0 Å². The summed E-state index contributed by atoms with van der Waals surface area (Å²) in [4.78, 5) is 35.0. The molecule has 8 heteroatoms. The van der Waals surface area contributed by atoms with E-state index in [4.69, 9.17) is 9.97 Å². The Morgan fingerprint density at radius 1 is 0.811 bits per heavy atom. The van der Waals surface area contributed by atoms with E-state index in [2.05, 4.69) is 39.2 Å². The predicted octanol–water partition coefficient (Wildman–Crippen LogP) is 4.28. The second-order valence-electron chi connectivity index (χ2n) is 9.06. The molecule has 0 aliphatic heterocycles. The fraction of sp³-hybridized carbons (Fsp3) is 0.207. The van der Waals surface area contributed by atoms with Crippen LogP contribution in [0.5, 0.6) is 0 Å². The number of benzene rings is 2. The van der Waals surface area contributed by atoms with Crippen molar-refractivity contribution in [1.82, 2.24) is 33.9 Å². The molecule has 0 spiro atoms. The Hall–Kier alpha value is -4.59. The van der Waals surface area contributed by atoms with Crippen molar-refractivity contribution in [3.05, 3.63) is 118 Å². The molecule has 6 aromatic rings. The Balaban J connectivity index is 1.44. The fourth-order valence-electron chi connectivity index (χ4n) is 4.78. The molecule has 0 aliphatic carbocycles. The highest BCUT2D eigenvalue weighted by atomic mass is 16.1. The van der Waals surface area contributed by atoms with Gasteiger partial charge in [-0.2, -0.15) is 4.98 Å². The maximum absolute atomic E-state index is 12.9. The molecular formula is C29H27N7O. The number of H-pyrrole nitrogens is 1. The summed E-state index contributed by atoms with van der Waals surface area (Å²) in [6.07, 6.45) is 9.09. The fourth-order valence-corrected chi connectivity index (χ4v) is 4.78. The average molecular weight is 490 g/mol. The van der Waals surface area contributed by atoms with Gasteiger partial charge in [0, 0.05) is 25.2 Å². The van der Waals surface area contributed by atoms with Gasteiger partial charge in [0.2, 0.25) is 5.95 Å². The molecule has 8 nitrogen and oxygen atoms in total. The van der Waals surface area contributed by atoms with Gasteiger partial charge in [-0.25, -0.2) is 15.0 Å². The van der Waals surface area contributed by atoms with Gasteiger partial charge in [-0.1, -0.05) is 67.6 Å². The van der Waals surface area contributed by atoms with Crippen molar-refractivity contribution in [1.29, 1.82) is 0 Å². The summed E-state index contributed by atoms with van der Waals surface area (Å²) in [5, 5.41) is 0. The zero-order valence-electron chi connectivity index (χ0n) is 20.6. The number of aromatic amines is 1. The molecule has 6 rings (SSSR count). The van der Waals surface area contributed by atoms with Crippen LogP contribution in [0.25, 0.3) is 22.6 Å². The minimum Gasteiger partial charge on any atom is -0.316 e. The smallest absolute Gasteiger partial charge is 0.274 e. The van der Waals surface area contributed by atoms with Crippen molar-refractivity contribution in [3.63, 3.8) is 0 Å². The van der Waals surface area contributed by atoms with Crippen LogP contribution in [0.2, 0.25) is 0 Å². The number of aromatic nitrogens is 7. The van der Waals surface area contributed by atoms with E-state index < -0.39 is 0 Å². The lowest BCUT2D eigenvalue weighted by Gasteiger charge is -2.12. The number of rotatable bonds is 8. The first kappa shape index (κ1) is 22.8. The van der Waals surface area contributed by atoms with Gasteiger partial charge in [0.05, 0.1) is 11.9 Å². The van der Waals surface area contributed by atoms with Crippen LogP contribution in [-0.2, 0) is 32.1 Å². The number of nitrogens with zero attached hydrogens (tertiary/aromatic N) is 6. The quantitative estimate of drug-likeness (QED) is 0.344. The van der Waals surface area contributed by atoms with Crippen molar-refractivity contribution in [3.8, 4) is 5.95 Å². The van der Waals surface area contributed by atoms with Crippen LogP contribution in [0.3, 0.4) is 0 Å². The first-order valence-electron chi connectivity index (χ1n) is 12.6. The topological polar surface area (TPSA) is 93.8 Å². The van der Waals surface area contributed by atoms with Crippen LogP contribution in [0.1, 0.15) is 35.4 Å². The average Bonchev–Trinajstić information content (AvgIpc) is 3.59. The monoisotopic (exact) mass is 489 g/mol. The first-order chi connectivity index (χ1) is 18.2. The Morgan fingerprint density at radius 3 is 2.16 bits per heavy atom. The van der Waals surface area contributed by atoms with Crippen LogP contribution in [-0.4, -0.2) is 33.9 Å². The third kappa shape index (κ3) is 4.42. The standard InChI is InChI=1S/C29H27N7O/c1-2-22-26-27(34-29(32-22)35-18-17-30-24(35)15-13-20-9-5-3-6-10-20)36-23(28(37)33-26)19-31-25(36)16-14-21-11-7-4-8-12-21/h3-12,17-19H,2,13-16H2,1H3,(H,33,37). The van der Waals surface area contributed by atoms with E-state index in [1.54, 1.807) is 12.4 Å². The van der Waals surface area contributed by atoms with Crippen molar-refractivity contribution < 1.29 is 0 Å². The van der Waals surface area contributed by atoms with Gasteiger partial charge in [-0.05, 0) is 30.4 Å². The SMILES string of the molecule is CCc1nc(-n2ccnc2CCc2ccccc2)nc2c1[nH]c(=O)c1cnc(CCc3ccccc3)n12.